The van der Waals surface area contributed by atoms with Gasteiger partial charge < -0.3 is 4.42 Å². The molecule has 0 bridgehead atoms. The van der Waals surface area contributed by atoms with Gasteiger partial charge in [-0.15, -0.1) is 16.9 Å². The van der Waals surface area contributed by atoms with Gasteiger partial charge in [-0.05, 0) is 36.4 Å². The van der Waals surface area contributed by atoms with Gasteiger partial charge in [-0.2, -0.15) is 0 Å². The second kappa shape index (κ2) is 7.06. The Morgan fingerprint density at radius 2 is 1.83 bits per heavy atom. The molecule has 0 spiro atoms. The molecule has 0 aliphatic rings. The summed E-state index contributed by atoms with van der Waals surface area (Å²) in [5.74, 6) is -0.137. The third-order valence-corrected chi connectivity index (χ3v) is 3.89. The van der Waals surface area contributed by atoms with Crippen LogP contribution in [0, 0.1) is 5.82 Å². The van der Waals surface area contributed by atoms with Crippen molar-refractivity contribution in [3.8, 4) is 11.5 Å². The van der Waals surface area contributed by atoms with Crippen molar-refractivity contribution in [1.82, 2.24) is 10.2 Å². The number of amides is 1. The van der Waals surface area contributed by atoms with Crippen molar-refractivity contribution in [1.29, 1.82) is 0 Å². The first-order chi connectivity index (χ1) is 11.2. The smallest absolute Gasteiger partial charge is 0.322 e. The molecule has 1 heterocycles. The predicted molar refractivity (Wildman–Crippen MR) is 85.5 cm³/mol. The van der Waals surface area contributed by atoms with Gasteiger partial charge in [-0.1, -0.05) is 23.3 Å². The van der Waals surface area contributed by atoms with Gasteiger partial charge in [0.1, 0.15) is 5.82 Å². The number of carbonyl (C=O) groups is 1. The highest BCUT2D eigenvalue weighted by Gasteiger charge is 2.11. The van der Waals surface area contributed by atoms with Gasteiger partial charge >= 0.3 is 6.01 Å². The number of carbonyl (C=O) groups excluding carboxylic acids is 1. The molecular formula is C16H12FN3O2S. The van der Waals surface area contributed by atoms with Gasteiger partial charge in [0.25, 0.3) is 0 Å². The van der Waals surface area contributed by atoms with E-state index in [4.69, 9.17) is 4.42 Å². The summed E-state index contributed by atoms with van der Waals surface area (Å²) in [5.41, 5.74) is 0.582. The Morgan fingerprint density at radius 1 is 1.09 bits per heavy atom. The van der Waals surface area contributed by atoms with Crippen LogP contribution in [-0.4, -0.2) is 21.9 Å². The maximum atomic E-state index is 12.9. The van der Waals surface area contributed by atoms with E-state index >= 15 is 0 Å². The number of hydrogen-bond donors (Lipinski definition) is 1. The monoisotopic (exact) mass is 329 g/mol. The standard InChI is InChI=1S/C16H12FN3O2S/c17-12-8-6-11(7-9-12)15-19-20-16(22-15)18-14(21)10-23-13-4-2-1-3-5-13/h1-9H,10H2,(H,18,20,21). The van der Waals surface area contributed by atoms with Crippen molar-refractivity contribution in [3.63, 3.8) is 0 Å². The van der Waals surface area contributed by atoms with E-state index in [9.17, 15) is 9.18 Å². The summed E-state index contributed by atoms with van der Waals surface area (Å²) in [6.45, 7) is 0. The van der Waals surface area contributed by atoms with E-state index < -0.39 is 0 Å². The van der Waals surface area contributed by atoms with E-state index in [2.05, 4.69) is 15.5 Å². The fraction of sp³-hybridized carbons (Fsp3) is 0.0625. The highest BCUT2D eigenvalue weighted by Crippen LogP contribution is 2.21. The quantitative estimate of drug-likeness (QED) is 0.724. The molecule has 2 aromatic carbocycles. The molecule has 0 unspecified atom stereocenters. The van der Waals surface area contributed by atoms with E-state index in [1.165, 1.54) is 36.0 Å². The summed E-state index contributed by atoms with van der Waals surface area (Å²) in [6, 6.07) is 15.3. The van der Waals surface area contributed by atoms with Crippen LogP contribution >= 0.6 is 11.8 Å². The lowest BCUT2D eigenvalue weighted by Gasteiger charge is -2.00. The lowest BCUT2D eigenvalue weighted by Crippen LogP contribution is -2.14. The summed E-state index contributed by atoms with van der Waals surface area (Å²) in [5, 5.41) is 10.1. The molecule has 7 heteroatoms. The van der Waals surface area contributed by atoms with Gasteiger partial charge in [0.05, 0.1) is 5.75 Å². The Bertz CT molecular complexity index is 791. The predicted octanol–water partition coefficient (Wildman–Crippen LogP) is 3.61. The molecule has 0 radical (unpaired) electrons. The number of benzene rings is 2. The highest BCUT2D eigenvalue weighted by molar-refractivity contribution is 8.00. The molecule has 0 aliphatic carbocycles. The Hall–Kier alpha value is -2.67. The van der Waals surface area contributed by atoms with Crippen molar-refractivity contribution >= 4 is 23.7 Å². The Kier molecular flexibility index (Phi) is 4.68. The number of nitrogens with one attached hydrogen (secondary N) is 1. The molecule has 1 amide bonds. The molecule has 23 heavy (non-hydrogen) atoms. The average molecular weight is 329 g/mol. The van der Waals surface area contributed by atoms with E-state index in [0.717, 1.165) is 4.90 Å². The zero-order valence-electron chi connectivity index (χ0n) is 11.9. The van der Waals surface area contributed by atoms with Crippen LogP contribution in [0.4, 0.5) is 10.4 Å². The van der Waals surface area contributed by atoms with Crippen LogP contribution in [0.25, 0.3) is 11.5 Å². The van der Waals surface area contributed by atoms with Crippen molar-refractivity contribution in [2.75, 3.05) is 11.1 Å². The third-order valence-electron chi connectivity index (χ3n) is 2.88. The lowest BCUT2D eigenvalue weighted by molar-refractivity contribution is -0.113. The highest BCUT2D eigenvalue weighted by atomic mass is 32.2. The molecule has 3 aromatic rings. The minimum atomic E-state index is -0.347. The third kappa shape index (κ3) is 4.17. The van der Waals surface area contributed by atoms with Crippen LogP contribution in [-0.2, 0) is 4.79 Å². The molecule has 0 atom stereocenters. The van der Waals surface area contributed by atoms with Crippen molar-refractivity contribution in [2.45, 2.75) is 4.90 Å². The second-order valence-electron chi connectivity index (χ2n) is 4.57. The Morgan fingerprint density at radius 3 is 2.57 bits per heavy atom. The number of thioether (sulfide) groups is 1. The van der Waals surface area contributed by atoms with Crippen molar-refractivity contribution < 1.29 is 13.6 Å². The van der Waals surface area contributed by atoms with Gasteiger partial charge in [-0.3, -0.25) is 10.1 Å². The molecule has 0 saturated heterocycles. The largest absolute Gasteiger partial charge is 0.403 e. The molecule has 1 aromatic heterocycles. The summed E-state index contributed by atoms with van der Waals surface area (Å²) in [6.07, 6.45) is 0. The number of rotatable bonds is 5. The SMILES string of the molecule is O=C(CSc1ccccc1)Nc1nnc(-c2ccc(F)cc2)o1. The van der Waals surface area contributed by atoms with Crippen LogP contribution in [0.5, 0.6) is 0 Å². The first kappa shape index (κ1) is 15.2. The number of nitrogens with zero attached hydrogens (tertiary/aromatic N) is 2. The molecule has 116 valence electrons. The zero-order valence-corrected chi connectivity index (χ0v) is 12.7. The summed E-state index contributed by atoms with van der Waals surface area (Å²) in [7, 11) is 0. The zero-order chi connectivity index (χ0) is 16.1. The van der Waals surface area contributed by atoms with Crippen molar-refractivity contribution in [3.05, 3.63) is 60.4 Å². The molecular weight excluding hydrogens is 317 g/mol. The molecule has 0 aliphatic heterocycles. The molecule has 0 saturated carbocycles. The van der Waals surface area contributed by atoms with Crippen molar-refractivity contribution in [2.24, 2.45) is 0 Å². The average Bonchev–Trinajstić information content (AvgIpc) is 3.03. The minimum Gasteiger partial charge on any atom is -0.403 e. The minimum absolute atomic E-state index is 0.0167. The molecule has 1 N–H and O–H groups in total. The molecule has 5 nitrogen and oxygen atoms in total. The molecule has 3 rings (SSSR count). The number of halogens is 1. The van der Waals surface area contributed by atoms with Crippen LogP contribution < -0.4 is 5.32 Å². The fourth-order valence-corrected chi connectivity index (χ4v) is 2.52. The van der Waals surface area contributed by atoms with E-state index in [1.807, 2.05) is 30.3 Å². The second-order valence-corrected chi connectivity index (χ2v) is 5.62. The van der Waals surface area contributed by atoms with Gasteiger partial charge in [0, 0.05) is 10.5 Å². The number of aromatic nitrogens is 2. The Labute approximate surface area is 135 Å². The maximum absolute atomic E-state index is 12.9. The first-order valence-corrected chi connectivity index (χ1v) is 7.76. The summed E-state index contributed by atoms with van der Waals surface area (Å²) in [4.78, 5) is 12.9. The number of hydrogen-bond acceptors (Lipinski definition) is 5. The fourth-order valence-electron chi connectivity index (χ4n) is 1.80. The normalized spacial score (nSPS) is 10.5. The van der Waals surface area contributed by atoms with E-state index in [1.54, 1.807) is 0 Å². The van der Waals surface area contributed by atoms with E-state index in [0.29, 0.717) is 5.56 Å². The summed E-state index contributed by atoms with van der Waals surface area (Å²) >= 11 is 1.41. The molecule has 0 fully saturated rings. The topological polar surface area (TPSA) is 68.0 Å². The van der Waals surface area contributed by atoms with Crippen LogP contribution in [0.1, 0.15) is 0 Å². The Balaban J connectivity index is 1.58. The van der Waals surface area contributed by atoms with Crippen LogP contribution in [0.15, 0.2) is 63.9 Å². The van der Waals surface area contributed by atoms with Gasteiger partial charge in [0.15, 0.2) is 0 Å². The van der Waals surface area contributed by atoms with Crippen LogP contribution in [0.2, 0.25) is 0 Å². The van der Waals surface area contributed by atoms with Gasteiger partial charge in [-0.25, -0.2) is 4.39 Å². The first-order valence-electron chi connectivity index (χ1n) is 6.78. The number of anilines is 1. The maximum Gasteiger partial charge on any atom is 0.322 e. The lowest BCUT2D eigenvalue weighted by atomic mass is 10.2. The van der Waals surface area contributed by atoms with Crippen LogP contribution in [0.3, 0.4) is 0 Å². The van der Waals surface area contributed by atoms with E-state index in [-0.39, 0.29) is 29.4 Å². The summed E-state index contributed by atoms with van der Waals surface area (Å²) < 4.78 is 18.2. The van der Waals surface area contributed by atoms with Gasteiger partial charge in [0.2, 0.25) is 11.8 Å².